The molecule has 0 saturated heterocycles. The molecule has 0 aliphatic heterocycles. The van der Waals surface area contributed by atoms with Crippen molar-refractivity contribution in [3.63, 3.8) is 0 Å². The standard InChI is InChI=1S/C24H37N5O10/c1-2-6-13(25)22(37)28-15(9-17(26)31)23(38)29-16(11-30)19(34)20(35)21(36)24(39)27-14(10-18(32)33)12-7-4-3-5-8-12/h3-5,7-8,13-16,19-21,30,34-36H,2,6,9-11,25H2,1H3,(H2,26,31)(H,27,39)(H,28,37)(H,29,38)(H,32,33)/t13-,14-,15-,16-,19+,20+,21-/m0/s1. The van der Waals surface area contributed by atoms with E-state index in [2.05, 4.69) is 16.0 Å². The van der Waals surface area contributed by atoms with Crippen LogP contribution in [0.4, 0.5) is 0 Å². The molecule has 15 heteroatoms. The molecule has 0 aliphatic rings. The van der Waals surface area contributed by atoms with Crippen LogP contribution in [0.15, 0.2) is 30.3 Å². The maximum absolute atomic E-state index is 12.7. The predicted octanol–water partition coefficient (Wildman–Crippen LogP) is -3.63. The molecule has 0 heterocycles. The zero-order valence-electron chi connectivity index (χ0n) is 21.4. The number of hydrogen-bond acceptors (Lipinski definition) is 10. The molecule has 0 fully saturated rings. The minimum Gasteiger partial charge on any atom is -0.481 e. The van der Waals surface area contributed by atoms with E-state index >= 15 is 0 Å². The van der Waals surface area contributed by atoms with Crippen LogP contribution in [0.3, 0.4) is 0 Å². The summed E-state index contributed by atoms with van der Waals surface area (Å²) < 4.78 is 0. The topological polar surface area (TPSA) is 275 Å². The summed E-state index contributed by atoms with van der Waals surface area (Å²) in [7, 11) is 0. The second kappa shape index (κ2) is 16.4. The smallest absolute Gasteiger partial charge is 0.305 e. The Balaban J connectivity index is 2.94. The van der Waals surface area contributed by atoms with Crippen LogP contribution in [-0.4, -0.2) is 98.2 Å². The molecule has 15 nitrogen and oxygen atoms in total. The zero-order chi connectivity index (χ0) is 29.7. The molecule has 12 N–H and O–H groups in total. The van der Waals surface area contributed by atoms with Gasteiger partial charge in [0.05, 0.1) is 37.6 Å². The third-order valence-electron chi connectivity index (χ3n) is 5.75. The lowest BCUT2D eigenvalue weighted by atomic mass is 9.98. The lowest BCUT2D eigenvalue weighted by molar-refractivity contribution is -0.145. The van der Waals surface area contributed by atoms with E-state index in [0.717, 1.165) is 0 Å². The van der Waals surface area contributed by atoms with Gasteiger partial charge in [-0.1, -0.05) is 43.7 Å². The summed E-state index contributed by atoms with van der Waals surface area (Å²) in [6.07, 6.45) is -7.03. The van der Waals surface area contributed by atoms with Gasteiger partial charge in [0.25, 0.3) is 5.91 Å². The van der Waals surface area contributed by atoms with E-state index in [9.17, 15) is 44.4 Å². The molecular formula is C24H37N5O10. The van der Waals surface area contributed by atoms with E-state index in [4.69, 9.17) is 16.6 Å². The number of aliphatic hydroxyl groups is 4. The number of carboxylic acids is 1. The Bertz CT molecular complexity index is 979. The number of rotatable bonds is 17. The number of aliphatic hydroxyl groups excluding tert-OH is 4. The summed E-state index contributed by atoms with van der Waals surface area (Å²) in [5.41, 5.74) is 11.3. The average Bonchev–Trinajstić information content (AvgIpc) is 2.89. The second-order valence-corrected chi connectivity index (χ2v) is 8.92. The summed E-state index contributed by atoms with van der Waals surface area (Å²) in [6, 6.07) is 2.69. The van der Waals surface area contributed by atoms with E-state index in [1.54, 1.807) is 37.3 Å². The molecule has 4 amide bonds. The molecular weight excluding hydrogens is 518 g/mol. The Labute approximate surface area is 224 Å². The number of carbonyl (C=O) groups excluding carboxylic acids is 4. The van der Waals surface area contributed by atoms with Crippen molar-refractivity contribution in [1.82, 2.24) is 16.0 Å². The fourth-order valence-corrected chi connectivity index (χ4v) is 3.60. The first-order valence-electron chi connectivity index (χ1n) is 12.2. The van der Waals surface area contributed by atoms with Crippen LogP contribution in [0.1, 0.15) is 44.2 Å². The van der Waals surface area contributed by atoms with E-state index in [-0.39, 0.29) is 0 Å². The SMILES string of the molecule is CCC[C@H](N)C(=O)N[C@@H](CC(N)=O)C(=O)N[C@@H](CO)[C@@H](O)[C@@H](O)[C@H](O)C(=O)N[C@@H](CC(=O)O)c1ccccc1. The summed E-state index contributed by atoms with van der Waals surface area (Å²) in [4.78, 5) is 60.2. The molecule has 218 valence electrons. The molecule has 39 heavy (non-hydrogen) atoms. The largest absolute Gasteiger partial charge is 0.481 e. The fraction of sp³-hybridized carbons (Fsp3) is 0.542. The van der Waals surface area contributed by atoms with E-state index in [1.165, 1.54) is 0 Å². The number of nitrogens with one attached hydrogen (secondary N) is 3. The van der Waals surface area contributed by atoms with Gasteiger partial charge in [0, 0.05) is 0 Å². The number of carbonyl (C=O) groups is 5. The number of primary amides is 1. The van der Waals surface area contributed by atoms with Crippen molar-refractivity contribution in [3.8, 4) is 0 Å². The van der Waals surface area contributed by atoms with Gasteiger partial charge in [0.15, 0.2) is 6.10 Å². The third kappa shape index (κ3) is 10.9. The number of nitrogens with two attached hydrogens (primary N) is 2. The molecule has 0 unspecified atom stereocenters. The van der Waals surface area contributed by atoms with Gasteiger partial charge < -0.3 is 53.0 Å². The highest BCUT2D eigenvalue weighted by molar-refractivity contribution is 5.93. The Morgan fingerprint density at radius 2 is 1.49 bits per heavy atom. The van der Waals surface area contributed by atoms with Crippen LogP contribution in [0.5, 0.6) is 0 Å². The van der Waals surface area contributed by atoms with Crippen LogP contribution in [0.2, 0.25) is 0 Å². The summed E-state index contributed by atoms with van der Waals surface area (Å²) in [5.74, 6) is -5.26. The van der Waals surface area contributed by atoms with Crippen molar-refractivity contribution in [2.45, 2.75) is 75.1 Å². The number of amides is 4. The fourth-order valence-electron chi connectivity index (χ4n) is 3.60. The first kappa shape index (κ1) is 33.4. The normalized spacial score (nSPS) is 16.5. The second-order valence-electron chi connectivity index (χ2n) is 8.92. The molecule has 1 aromatic rings. The summed E-state index contributed by atoms with van der Waals surface area (Å²) in [6.45, 7) is 0.790. The lowest BCUT2D eigenvalue weighted by Gasteiger charge is -2.30. The first-order chi connectivity index (χ1) is 18.3. The van der Waals surface area contributed by atoms with Crippen LogP contribution < -0.4 is 27.4 Å². The molecule has 1 rings (SSSR count). The van der Waals surface area contributed by atoms with Crippen molar-refractivity contribution in [1.29, 1.82) is 0 Å². The van der Waals surface area contributed by atoms with Crippen molar-refractivity contribution in [3.05, 3.63) is 35.9 Å². The van der Waals surface area contributed by atoms with Crippen LogP contribution >= 0.6 is 0 Å². The minimum absolute atomic E-state index is 0.290. The molecule has 0 aromatic heterocycles. The van der Waals surface area contributed by atoms with Gasteiger partial charge in [-0.3, -0.25) is 24.0 Å². The predicted molar refractivity (Wildman–Crippen MR) is 135 cm³/mol. The third-order valence-corrected chi connectivity index (χ3v) is 5.75. The highest BCUT2D eigenvalue weighted by Crippen LogP contribution is 2.17. The van der Waals surface area contributed by atoms with Crippen LogP contribution in [-0.2, 0) is 24.0 Å². The number of aliphatic carboxylic acids is 1. The van der Waals surface area contributed by atoms with Crippen LogP contribution in [0.25, 0.3) is 0 Å². The van der Waals surface area contributed by atoms with Gasteiger partial charge in [-0.2, -0.15) is 0 Å². The summed E-state index contributed by atoms with van der Waals surface area (Å²) in [5, 5.41) is 56.7. The molecule has 0 radical (unpaired) electrons. The molecule has 0 bridgehead atoms. The van der Waals surface area contributed by atoms with Crippen molar-refractivity contribution in [2.75, 3.05) is 6.61 Å². The quantitative estimate of drug-likeness (QED) is 0.0895. The Morgan fingerprint density at radius 3 is 2.00 bits per heavy atom. The van der Waals surface area contributed by atoms with Gasteiger partial charge in [-0.25, -0.2) is 0 Å². The Hall–Kier alpha value is -3.63. The van der Waals surface area contributed by atoms with Crippen molar-refractivity contribution < 1.29 is 49.5 Å². The van der Waals surface area contributed by atoms with Gasteiger partial charge in [0.1, 0.15) is 18.2 Å². The number of hydrogen-bond donors (Lipinski definition) is 10. The van der Waals surface area contributed by atoms with Gasteiger partial charge in [-0.05, 0) is 12.0 Å². The van der Waals surface area contributed by atoms with Crippen molar-refractivity contribution >= 4 is 29.6 Å². The maximum Gasteiger partial charge on any atom is 0.305 e. The number of carboxylic acid groups (broad SMARTS) is 1. The Kier molecular flexibility index (Phi) is 14.0. The lowest BCUT2D eigenvalue weighted by Crippen LogP contribution is -2.60. The van der Waals surface area contributed by atoms with Crippen molar-refractivity contribution in [2.24, 2.45) is 11.5 Å². The number of benzene rings is 1. The molecule has 0 spiro atoms. The zero-order valence-corrected chi connectivity index (χ0v) is 21.4. The van der Waals surface area contributed by atoms with E-state index in [0.29, 0.717) is 18.4 Å². The summed E-state index contributed by atoms with van der Waals surface area (Å²) >= 11 is 0. The van der Waals surface area contributed by atoms with Gasteiger partial charge in [-0.15, -0.1) is 0 Å². The molecule has 0 aliphatic carbocycles. The molecule has 7 atom stereocenters. The maximum atomic E-state index is 12.7. The molecule has 0 saturated carbocycles. The average molecular weight is 556 g/mol. The Morgan fingerprint density at radius 1 is 0.872 bits per heavy atom. The van der Waals surface area contributed by atoms with Gasteiger partial charge in [0.2, 0.25) is 17.7 Å². The van der Waals surface area contributed by atoms with Gasteiger partial charge >= 0.3 is 5.97 Å². The highest BCUT2D eigenvalue weighted by atomic mass is 16.4. The highest BCUT2D eigenvalue weighted by Gasteiger charge is 2.37. The monoisotopic (exact) mass is 555 g/mol. The minimum atomic E-state index is -2.31. The van der Waals surface area contributed by atoms with Crippen LogP contribution in [0, 0.1) is 0 Å². The first-order valence-corrected chi connectivity index (χ1v) is 12.2. The van der Waals surface area contributed by atoms with E-state index < -0.39 is 91.5 Å². The molecule has 1 aromatic carbocycles. The van der Waals surface area contributed by atoms with E-state index in [1.807, 2.05) is 0 Å².